The summed E-state index contributed by atoms with van der Waals surface area (Å²) < 4.78 is 5.07. The van der Waals surface area contributed by atoms with Gasteiger partial charge in [0.2, 0.25) is 0 Å². The third kappa shape index (κ3) is 4.83. The SMILES string of the molecule is C1CCOCC1.C=Cc1ccccc1. The van der Waals surface area contributed by atoms with E-state index in [1.807, 2.05) is 36.4 Å². The number of hydrogen-bond acceptors (Lipinski definition) is 1. The summed E-state index contributed by atoms with van der Waals surface area (Å²) in [7, 11) is 0. The van der Waals surface area contributed by atoms with E-state index in [4.69, 9.17) is 4.74 Å². The molecule has 1 aliphatic heterocycles. The molecule has 2 rings (SSSR count). The lowest BCUT2D eigenvalue weighted by Crippen LogP contribution is -2.03. The lowest BCUT2D eigenvalue weighted by Gasteiger charge is -2.08. The van der Waals surface area contributed by atoms with Gasteiger partial charge in [0.15, 0.2) is 0 Å². The maximum absolute atomic E-state index is 5.07. The van der Waals surface area contributed by atoms with Crippen LogP contribution >= 0.6 is 0 Å². The number of rotatable bonds is 1. The Morgan fingerprint density at radius 2 is 1.64 bits per heavy atom. The first-order valence-electron chi connectivity index (χ1n) is 5.18. The van der Waals surface area contributed by atoms with Gasteiger partial charge in [-0.3, -0.25) is 0 Å². The van der Waals surface area contributed by atoms with Crippen molar-refractivity contribution in [2.75, 3.05) is 13.2 Å². The number of ether oxygens (including phenoxy) is 1. The van der Waals surface area contributed by atoms with E-state index in [9.17, 15) is 0 Å². The number of benzene rings is 1. The van der Waals surface area contributed by atoms with Crippen LogP contribution in [0, 0.1) is 0 Å². The fourth-order valence-corrected chi connectivity index (χ4v) is 1.28. The monoisotopic (exact) mass is 190 g/mol. The van der Waals surface area contributed by atoms with Crippen LogP contribution in [0.3, 0.4) is 0 Å². The van der Waals surface area contributed by atoms with Crippen molar-refractivity contribution in [3.63, 3.8) is 0 Å². The molecule has 1 aromatic rings. The molecule has 1 saturated heterocycles. The summed E-state index contributed by atoms with van der Waals surface area (Å²) in [6.07, 6.45) is 5.76. The van der Waals surface area contributed by atoms with Crippen molar-refractivity contribution in [3.8, 4) is 0 Å². The van der Waals surface area contributed by atoms with Crippen molar-refractivity contribution >= 4 is 6.08 Å². The van der Waals surface area contributed by atoms with Gasteiger partial charge >= 0.3 is 0 Å². The lowest BCUT2D eigenvalue weighted by atomic mass is 10.2. The summed E-state index contributed by atoms with van der Waals surface area (Å²) >= 11 is 0. The van der Waals surface area contributed by atoms with Crippen molar-refractivity contribution in [2.24, 2.45) is 0 Å². The third-order valence-electron chi connectivity index (χ3n) is 2.11. The van der Waals surface area contributed by atoms with Gasteiger partial charge in [-0.1, -0.05) is 43.0 Å². The van der Waals surface area contributed by atoms with Gasteiger partial charge in [-0.15, -0.1) is 0 Å². The van der Waals surface area contributed by atoms with Crippen molar-refractivity contribution in [2.45, 2.75) is 19.3 Å². The predicted molar refractivity (Wildman–Crippen MR) is 61.2 cm³/mol. The lowest BCUT2D eigenvalue weighted by molar-refractivity contribution is 0.0968. The van der Waals surface area contributed by atoms with Gasteiger partial charge < -0.3 is 4.74 Å². The highest BCUT2D eigenvalue weighted by atomic mass is 16.5. The molecule has 0 N–H and O–H groups in total. The molecule has 1 fully saturated rings. The van der Waals surface area contributed by atoms with Gasteiger partial charge in [-0.2, -0.15) is 0 Å². The highest BCUT2D eigenvalue weighted by Gasteiger charge is 1.95. The van der Waals surface area contributed by atoms with Gasteiger partial charge in [-0.25, -0.2) is 0 Å². The molecule has 0 aromatic heterocycles. The Hall–Kier alpha value is -1.08. The standard InChI is InChI=1S/C8H8.C5H10O/c1-2-8-6-4-3-5-7-8;1-2-4-6-5-3-1/h2-7H,1H2;1-5H2. The largest absolute Gasteiger partial charge is 0.381 e. The molecule has 0 saturated carbocycles. The molecule has 0 spiro atoms. The van der Waals surface area contributed by atoms with Crippen LogP contribution in [0.15, 0.2) is 36.9 Å². The average Bonchev–Trinajstić information content (AvgIpc) is 2.33. The normalized spacial score (nSPS) is 15.1. The van der Waals surface area contributed by atoms with E-state index in [-0.39, 0.29) is 0 Å². The van der Waals surface area contributed by atoms with Gasteiger partial charge in [0, 0.05) is 13.2 Å². The summed E-state index contributed by atoms with van der Waals surface area (Å²) in [6.45, 7) is 5.63. The first kappa shape index (κ1) is 11.0. The minimum absolute atomic E-state index is 1.00. The van der Waals surface area contributed by atoms with E-state index in [0.29, 0.717) is 0 Å². The zero-order chi connectivity index (χ0) is 10.1. The molecule has 0 bridgehead atoms. The van der Waals surface area contributed by atoms with Crippen LogP contribution in [0.25, 0.3) is 6.08 Å². The van der Waals surface area contributed by atoms with Crippen LogP contribution in [-0.2, 0) is 4.74 Å². The fourth-order valence-electron chi connectivity index (χ4n) is 1.28. The van der Waals surface area contributed by atoms with Crippen LogP contribution in [0.1, 0.15) is 24.8 Å². The van der Waals surface area contributed by atoms with E-state index < -0.39 is 0 Å². The third-order valence-corrected chi connectivity index (χ3v) is 2.11. The quantitative estimate of drug-likeness (QED) is 0.658. The first-order valence-corrected chi connectivity index (χ1v) is 5.18. The van der Waals surface area contributed by atoms with E-state index in [0.717, 1.165) is 13.2 Å². The molecule has 1 heterocycles. The van der Waals surface area contributed by atoms with Gasteiger partial charge in [-0.05, 0) is 24.8 Å². The summed E-state index contributed by atoms with van der Waals surface area (Å²) in [5.41, 5.74) is 1.17. The second-order valence-corrected chi connectivity index (χ2v) is 3.29. The second kappa shape index (κ2) is 7.34. The molecule has 0 amide bonds. The molecule has 0 radical (unpaired) electrons. The Kier molecular flexibility index (Phi) is 5.76. The first-order chi connectivity index (χ1) is 6.93. The summed E-state index contributed by atoms with van der Waals surface area (Å²) in [4.78, 5) is 0. The van der Waals surface area contributed by atoms with Crippen LogP contribution < -0.4 is 0 Å². The Balaban J connectivity index is 0.000000146. The summed E-state index contributed by atoms with van der Waals surface area (Å²) in [5.74, 6) is 0. The van der Waals surface area contributed by atoms with Crippen LogP contribution in [0.5, 0.6) is 0 Å². The summed E-state index contributed by atoms with van der Waals surface area (Å²) in [5, 5.41) is 0. The molecule has 0 atom stereocenters. The van der Waals surface area contributed by atoms with Crippen molar-refractivity contribution < 1.29 is 4.74 Å². The number of hydrogen-bond donors (Lipinski definition) is 0. The maximum atomic E-state index is 5.07. The summed E-state index contributed by atoms with van der Waals surface area (Å²) in [6, 6.07) is 10.0. The van der Waals surface area contributed by atoms with Crippen LogP contribution in [-0.4, -0.2) is 13.2 Å². The average molecular weight is 190 g/mol. The van der Waals surface area contributed by atoms with Crippen LogP contribution in [0.2, 0.25) is 0 Å². The Bertz CT molecular complexity index is 225. The molecule has 1 nitrogen and oxygen atoms in total. The zero-order valence-electron chi connectivity index (χ0n) is 8.61. The Labute approximate surface area is 86.4 Å². The van der Waals surface area contributed by atoms with Gasteiger partial charge in [0.1, 0.15) is 0 Å². The molecule has 14 heavy (non-hydrogen) atoms. The molecule has 0 aliphatic carbocycles. The topological polar surface area (TPSA) is 9.23 Å². The van der Waals surface area contributed by atoms with E-state index in [1.165, 1.54) is 24.8 Å². The molecular weight excluding hydrogens is 172 g/mol. The Morgan fingerprint density at radius 3 is 1.93 bits per heavy atom. The molecule has 0 unspecified atom stereocenters. The van der Waals surface area contributed by atoms with Crippen molar-refractivity contribution in [1.29, 1.82) is 0 Å². The van der Waals surface area contributed by atoms with E-state index >= 15 is 0 Å². The maximum Gasteiger partial charge on any atom is 0.0466 e. The smallest absolute Gasteiger partial charge is 0.0466 e. The highest BCUT2D eigenvalue weighted by molar-refractivity contribution is 5.45. The van der Waals surface area contributed by atoms with Crippen molar-refractivity contribution in [1.82, 2.24) is 0 Å². The zero-order valence-corrected chi connectivity index (χ0v) is 8.61. The van der Waals surface area contributed by atoms with Crippen molar-refractivity contribution in [3.05, 3.63) is 42.5 Å². The molecule has 76 valence electrons. The molecule has 1 heteroatoms. The molecule has 1 aliphatic rings. The minimum Gasteiger partial charge on any atom is -0.381 e. The van der Waals surface area contributed by atoms with Crippen LogP contribution in [0.4, 0.5) is 0 Å². The second-order valence-electron chi connectivity index (χ2n) is 3.29. The highest BCUT2D eigenvalue weighted by Crippen LogP contribution is 2.02. The van der Waals surface area contributed by atoms with E-state index in [2.05, 4.69) is 6.58 Å². The van der Waals surface area contributed by atoms with E-state index in [1.54, 1.807) is 0 Å². The van der Waals surface area contributed by atoms with Gasteiger partial charge in [0.25, 0.3) is 0 Å². The minimum atomic E-state index is 1.00. The predicted octanol–water partition coefficient (Wildman–Crippen LogP) is 3.52. The Morgan fingerprint density at radius 1 is 1.00 bits per heavy atom. The molecule has 1 aromatic carbocycles. The molecular formula is C13H18O. The fraction of sp³-hybridized carbons (Fsp3) is 0.385. The van der Waals surface area contributed by atoms with Gasteiger partial charge in [0.05, 0.1) is 0 Å².